The fourth-order valence-corrected chi connectivity index (χ4v) is 3.63. The van der Waals surface area contributed by atoms with E-state index in [0.717, 1.165) is 30.6 Å². The molecule has 7 heteroatoms. The minimum Gasteiger partial charge on any atom is -0.353 e. The number of nitrogens with one attached hydrogen (secondary N) is 1. The van der Waals surface area contributed by atoms with Crippen LogP contribution in [-0.4, -0.2) is 41.4 Å². The van der Waals surface area contributed by atoms with E-state index in [-0.39, 0.29) is 30.8 Å². The minimum absolute atomic E-state index is 0.0538. The van der Waals surface area contributed by atoms with E-state index in [2.05, 4.69) is 5.32 Å². The molecule has 140 valence electrons. The molecule has 2 aliphatic rings. The Morgan fingerprint density at radius 2 is 1.81 bits per heavy atom. The molecule has 0 radical (unpaired) electrons. The molecule has 1 saturated carbocycles. The molecule has 1 aliphatic heterocycles. The summed E-state index contributed by atoms with van der Waals surface area (Å²) in [6.45, 7) is 1.68. The highest BCUT2D eigenvalue weighted by Crippen LogP contribution is 2.26. The first kappa shape index (κ1) is 18.4. The van der Waals surface area contributed by atoms with E-state index in [0.29, 0.717) is 5.69 Å². The number of imide groups is 1. The van der Waals surface area contributed by atoms with Gasteiger partial charge in [0.25, 0.3) is 5.91 Å². The lowest BCUT2D eigenvalue weighted by atomic mass is 9.95. The number of hydrogen-bond donors (Lipinski definition) is 1. The lowest BCUT2D eigenvalue weighted by molar-refractivity contribution is -0.127. The number of anilines is 1. The first-order valence-electron chi connectivity index (χ1n) is 9.17. The molecule has 1 aliphatic carbocycles. The molecular formula is C19H24FN3O3. The fourth-order valence-electron chi connectivity index (χ4n) is 3.63. The van der Waals surface area contributed by atoms with Gasteiger partial charge >= 0.3 is 6.03 Å². The SMILES string of the molecule is CC1C(=O)N(CCC(=O)NC2CCCCC2)C(=O)N1c1ccc(F)cc1. The van der Waals surface area contributed by atoms with E-state index in [9.17, 15) is 18.8 Å². The van der Waals surface area contributed by atoms with Crippen molar-refractivity contribution >= 4 is 23.5 Å². The molecule has 6 nitrogen and oxygen atoms in total. The third kappa shape index (κ3) is 3.86. The molecular weight excluding hydrogens is 337 g/mol. The van der Waals surface area contributed by atoms with Gasteiger partial charge in [0.15, 0.2) is 0 Å². The molecule has 1 saturated heterocycles. The topological polar surface area (TPSA) is 69.7 Å². The largest absolute Gasteiger partial charge is 0.353 e. The maximum Gasteiger partial charge on any atom is 0.331 e. The van der Waals surface area contributed by atoms with Crippen LogP contribution in [0.1, 0.15) is 45.4 Å². The van der Waals surface area contributed by atoms with E-state index in [4.69, 9.17) is 0 Å². The zero-order valence-corrected chi connectivity index (χ0v) is 14.9. The summed E-state index contributed by atoms with van der Waals surface area (Å²) in [6.07, 6.45) is 5.53. The van der Waals surface area contributed by atoms with Crippen LogP contribution in [0.5, 0.6) is 0 Å². The number of rotatable bonds is 5. The van der Waals surface area contributed by atoms with E-state index in [1.54, 1.807) is 6.92 Å². The van der Waals surface area contributed by atoms with Gasteiger partial charge in [-0.25, -0.2) is 9.18 Å². The Morgan fingerprint density at radius 1 is 1.15 bits per heavy atom. The van der Waals surface area contributed by atoms with Gasteiger partial charge < -0.3 is 5.32 Å². The van der Waals surface area contributed by atoms with Gasteiger partial charge in [-0.1, -0.05) is 19.3 Å². The average Bonchev–Trinajstić information content (AvgIpc) is 2.84. The summed E-state index contributed by atoms with van der Waals surface area (Å²) < 4.78 is 13.1. The maximum atomic E-state index is 13.1. The van der Waals surface area contributed by atoms with Crippen molar-refractivity contribution in [3.63, 3.8) is 0 Å². The second kappa shape index (κ2) is 7.85. The Balaban J connectivity index is 1.59. The summed E-state index contributed by atoms with van der Waals surface area (Å²) >= 11 is 0. The highest BCUT2D eigenvalue weighted by atomic mass is 19.1. The van der Waals surface area contributed by atoms with Gasteiger partial charge in [-0.15, -0.1) is 0 Å². The minimum atomic E-state index is -0.672. The van der Waals surface area contributed by atoms with Crippen molar-refractivity contribution in [1.29, 1.82) is 0 Å². The average molecular weight is 361 g/mol. The summed E-state index contributed by atoms with van der Waals surface area (Å²) in [7, 11) is 0. The van der Waals surface area contributed by atoms with Crippen LogP contribution >= 0.6 is 0 Å². The lowest BCUT2D eigenvalue weighted by Gasteiger charge is -2.23. The number of carbonyl (C=O) groups excluding carboxylic acids is 3. The zero-order valence-electron chi connectivity index (χ0n) is 14.9. The van der Waals surface area contributed by atoms with Crippen molar-refractivity contribution in [2.75, 3.05) is 11.4 Å². The van der Waals surface area contributed by atoms with Crippen LogP contribution < -0.4 is 10.2 Å². The highest BCUT2D eigenvalue weighted by Gasteiger charge is 2.43. The maximum absolute atomic E-state index is 13.1. The van der Waals surface area contributed by atoms with Gasteiger partial charge in [0.1, 0.15) is 11.9 Å². The van der Waals surface area contributed by atoms with Crippen LogP contribution in [0, 0.1) is 5.82 Å². The normalized spacial score (nSPS) is 21.4. The second-order valence-electron chi connectivity index (χ2n) is 6.95. The molecule has 1 N–H and O–H groups in total. The fraction of sp³-hybridized carbons (Fsp3) is 0.526. The molecule has 0 spiro atoms. The molecule has 1 heterocycles. The van der Waals surface area contributed by atoms with Gasteiger partial charge in [-0.05, 0) is 44.0 Å². The van der Waals surface area contributed by atoms with Crippen LogP contribution in [0.4, 0.5) is 14.9 Å². The number of benzene rings is 1. The Labute approximate surface area is 152 Å². The number of urea groups is 1. The lowest BCUT2D eigenvalue weighted by Crippen LogP contribution is -2.40. The van der Waals surface area contributed by atoms with Gasteiger partial charge in [0.05, 0.1) is 0 Å². The smallest absolute Gasteiger partial charge is 0.331 e. The third-order valence-corrected chi connectivity index (χ3v) is 5.09. The monoisotopic (exact) mass is 361 g/mol. The van der Waals surface area contributed by atoms with Crippen molar-refractivity contribution in [1.82, 2.24) is 10.2 Å². The molecule has 1 aromatic rings. The van der Waals surface area contributed by atoms with E-state index >= 15 is 0 Å². The standard InChI is InChI=1S/C19H24FN3O3/c1-13-18(25)22(12-11-17(24)21-15-5-3-2-4-6-15)19(26)23(13)16-9-7-14(20)8-10-16/h7-10,13,15H,2-6,11-12H2,1H3,(H,21,24). The van der Waals surface area contributed by atoms with Gasteiger partial charge in [-0.2, -0.15) is 0 Å². The zero-order chi connectivity index (χ0) is 18.7. The molecule has 26 heavy (non-hydrogen) atoms. The molecule has 2 fully saturated rings. The first-order chi connectivity index (χ1) is 12.5. The summed E-state index contributed by atoms with van der Waals surface area (Å²) in [5.41, 5.74) is 0.464. The molecule has 0 aromatic heterocycles. The highest BCUT2D eigenvalue weighted by molar-refractivity contribution is 6.14. The number of hydrogen-bond acceptors (Lipinski definition) is 3. The molecule has 1 unspecified atom stereocenters. The van der Waals surface area contributed by atoms with E-state index in [1.165, 1.54) is 35.6 Å². The Kier molecular flexibility index (Phi) is 5.54. The molecule has 4 amide bonds. The molecule has 3 rings (SSSR count). The van der Waals surface area contributed by atoms with Crippen molar-refractivity contribution in [3.05, 3.63) is 30.1 Å². The first-order valence-corrected chi connectivity index (χ1v) is 9.17. The quantitative estimate of drug-likeness (QED) is 0.820. The van der Waals surface area contributed by atoms with Gasteiger partial charge in [-0.3, -0.25) is 19.4 Å². The van der Waals surface area contributed by atoms with Crippen LogP contribution in [-0.2, 0) is 9.59 Å². The summed E-state index contributed by atoms with van der Waals surface area (Å²) in [5, 5.41) is 2.99. The van der Waals surface area contributed by atoms with Crippen LogP contribution in [0.25, 0.3) is 0 Å². The number of carbonyl (C=O) groups is 3. The van der Waals surface area contributed by atoms with Crippen LogP contribution in [0.15, 0.2) is 24.3 Å². The predicted octanol–water partition coefficient (Wildman–Crippen LogP) is 2.82. The Morgan fingerprint density at radius 3 is 2.46 bits per heavy atom. The predicted molar refractivity (Wildman–Crippen MR) is 95.1 cm³/mol. The summed E-state index contributed by atoms with van der Waals surface area (Å²) in [6, 6.07) is 4.50. The van der Waals surface area contributed by atoms with Crippen molar-refractivity contribution in [2.45, 2.75) is 57.5 Å². The van der Waals surface area contributed by atoms with Crippen molar-refractivity contribution in [3.8, 4) is 0 Å². The molecule has 0 bridgehead atoms. The van der Waals surface area contributed by atoms with Crippen LogP contribution in [0.2, 0.25) is 0 Å². The molecule has 1 aromatic carbocycles. The van der Waals surface area contributed by atoms with E-state index in [1.807, 2.05) is 0 Å². The second-order valence-corrected chi connectivity index (χ2v) is 6.95. The van der Waals surface area contributed by atoms with Crippen molar-refractivity contribution < 1.29 is 18.8 Å². The van der Waals surface area contributed by atoms with Gasteiger partial charge in [0, 0.05) is 24.7 Å². The van der Waals surface area contributed by atoms with Crippen molar-refractivity contribution in [2.24, 2.45) is 0 Å². The third-order valence-electron chi connectivity index (χ3n) is 5.09. The summed E-state index contributed by atoms with van der Waals surface area (Å²) in [4.78, 5) is 39.6. The Hall–Kier alpha value is -2.44. The van der Waals surface area contributed by atoms with E-state index < -0.39 is 17.9 Å². The van der Waals surface area contributed by atoms with Crippen LogP contribution in [0.3, 0.4) is 0 Å². The number of nitrogens with zero attached hydrogens (tertiary/aromatic N) is 2. The number of amides is 4. The Bertz CT molecular complexity index is 686. The van der Waals surface area contributed by atoms with Gasteiger partial charge in [0.2, 0.25) is 5.91 Å². The number of halogens is 1. The molecule has 1 atom stereocenters. The summed E-state index contributed by atoms with van der Waals surface area (Å²) in [5.74, 6) is -0.884.